The van der Waals surface area contributed by atoms with Crippen molar-refractivity contribution in [1.82, 2.24) is 10.4 Å². The zero-order valence-corrected chi connectivity index (χ0v) is 17.7. The van der Waals surface area contributed by atoms with Crippen LogP contribution in [-0.2, 0) is 17.6 Å². The topological polar surface area (TPSA) is 72.8 Å². The van der Waals surface area contributed by atoms with Crippen LogP contribution in [0.3, 0.4) is 0 Å². The van der Waals surface area contributed by atoms with Gasteiger partial charge in [0.1, 0.15) is 22.6 Å². The smallest absolute Gasteiger partial charge is 0.246 e. The van der Waals surface area contributed by atoms with Gasteiger partial charge in [0.15, 0.2) is 0 Å². The van der Waals surface area contributed by atoms with E-state index in [-0.39, 0.29) is 18.4 Å². The molecule has 1 N–H and O–H groups in total. The summed E-state index contributed by atoms with van der Waals surface area (Å²) in [6, 6.07) is 13.8. The molecule has 0 bridgehead atoms. The minimum atomic E-state index is -0.218. The summed E-state index contributed by atoms with van der Waals surface area (Å²) in [4.78, 5) is 16.8. The van der Waals surface area contributed by atoms with Gasteiger partial charge in [-0.1, -0.05) is 30.3 Å². The number of nitrogens with one attached hydrogen (secondary N) is 1. The number of fused-ring (bicyclic) bond motifs is 1. The second kappa shape index (κ2) is 9.09. The number of aromatic nitrogens is 1. The van der Waals surface area contributed by atoms with Crippen molar-refractivity contribution in [3.8, 4) is 22.8 Å². The number of hydrogen-bond acceptors (Lipinski definition) is 6. The number of benzene rings is 2. The SMILES string of the molecule is CCOc1cc2c(cc1/C=N\NC(=O)Cc1nc(-c3ccccc3)cs1)O[C@H](C)C2. The Balaban J connectivity index is 1.39. The Morgan fingerprint density at radius 2 is 2.20 bits per heavy atom. The molecule has 1 aromatic heterocycles. The number of thiazole rings is 1. The van der Waals surface area contributed by atoms with E-state index in [2.05, 4.69) is 15.5 Å². The Morgan fingerprint density at radius 3 is 3.00 bits per heavy atom. The molecule has 1 atom stereocenters. The van der Waals surface area contributed by atoms with Crippen LogP contribution >= 0.6 is 11.3 Å². The molecule has 0 saturated heterocycles. The third-order valence-corrected chi connectivity index (χ3v) is 5.50. The Kier molecular flexibility index (Phi) is 6.09. The van der Waals surface area contributed by atoms with Gasteiger partial charge in [-0.05, 0) is 26.0 Å². The molecule has 2 aromatic carbocycles. The first-order valence-electron chi connectivity index (χ1n) is 9.90. The molecule has 0 radical (unpaired) electrons. The maximum atomic E-state index is 12.3. The minimum Gasteiger partial charge on any atom is -0.493 e. The van der Waals surface area contributed by atoms with Gasteiger partial charge in [0, 0.05) is 28.5 Å². The minimum absolute atomic E-state index is 0.153. The molecule has 3 aromatic rings. The Labute approximate surface area is 179 Å². The first-order valence-corrected chi connectivity index (χ1v) is 10.8. The second-order valence-corrected chi connectivity index (χ2v) is 7.97. The highest BCUT2D eigenvalue weighted by Gasteiger charge is 2.21. The molecule has 154 valence electrons. The lowest BCUT2D eigenvalue weighted by Gasteiger charge is -2.09. The second-order valence-electron chi connectivity index (χ2n) is 7.03. The molecule has 30 heavy (non-hydrogen) atoms. The summed E-state index contributed by atoms with van der Waals surface area (Å²) in [5, 5.41) is 6.81. The van der Waals surface area contributed by atoms with Gasteiger partial charge in [0.2, 0.25) is 5.91 Å². The van der Waals surface area contributed by atoms with E-state index >= 15 is 0 Å². The molecule has 0 spiro atoms. The summed E-state index contributed by atoms with van der Waals surface area (Å²) in [7, 11) is 0. The predicted molar refractivity (Wildman–Crippen MR) is 118 cm³/mol. The number of nitrogens with zero attached hydrogens (tertiary/aromatic N) is 2. The fraction of sp³-hybridized carbons (Fsp3) is 0.261. The summed E-state index contributed by atoms with van der Waals surface area (Å²) in [5.41, 5.74) is 6.39. The van der Waals surface area contributed by atoms with Crippen molar-refractivity contribution >= 4 is 23.5 Å². The van der Waals surface area contributed by atoms with Gasteiger partial charge in [-0.15, -0.1) is 11.3 Å². The first kappa shape index (κ1) is 20.1. The van der Waals surface area contributed by atoms with Gasteiger partial charge in [-0.25, -0.2) is 10.4 Å². The lowest BCUT2D eigenvalue weighted by atomic mass is 10.1. The average Bonchev–Trinajstić information content (AvgIpc) is 3.34. The van der Waals surface area contributed by atoms with Crippen LogP contribution in [0, 0.1) is 0 Å². The molecule has 1 aliphatic rings. The highest BCUT2D eigenvalue weighted by molar-refractivity contribution is 7.10. The maximum absolute atomic E-state index is 12.3. The number of hydrogen-bond donors (Lipinski definition) is 1. The van der Waals surface area contributed by atoms with Gasteiger partial charge < -0.3 is 9.47 Å². The maximum Gasteiger partial charge on any atom is 0.246 e. The largest absolute Gasteiger partial charge is 0.493 e. The Bertz CT molecular complexity index is 1060. The fourth-order valence-electron chi connectivity index (χ4n) is 3.32. The van der Waals surface area contributed by atoms with Crippen LogP contribution in [0.4, 0.5) is 0 Å². The number of ether oxygens (including phenoxy) is 2. The molecular weight excluding hydrogens is 398 g/mol. The quantitative estimate of drug-likeness (QED) is 0.458. The van der Waals surface area contributed by atoms with E-state index in [0.29, 0.717) is 6.61 Å². The van der Waals surface area contributed by atoms with Crippen LogP contribution in [0.2, 0.25) is 0 Å². The first-order chi connectivity index (χ1) is 14.6. The number of hydrazone groups is 1. The van der Waals surface area contributed by atoms with E-state index < -0.39 is 0 Å². The zero-order chi connectivity index (χ0) is 20.9. The summed E-state index contributed by atoms with van der Waals surface area (Å²) in [6.07, 6.45) is 2.79. The van der Waals surface area contributed by atoms with Gasteiger partial charge in [0.05, 0.1) is 24.9 Å². The van der Waals surface area contributed by atoms with Crippen LogP contribution in [0.25, 0.3) is 11.3 Å². The molecule has 4 rings (SSSR count). The average molecular weight is 422 g/mol. The molecule has 2 heterocycles. The van der Waals surface area contributed by atoms with Gasteiger partial charge in [0.25, 0.3) is 0 Å². The van der Waals surface area contributed by atoms with E-state index in [1.165, 1.54) is 11.3 Å². The van der Waals surface area contributed by atoms with Crippen molar-refractivity contribution < 1.29 is 14.3 Å². The van der Waals surface area contributed by atoms with Gasteiger partial charge in [-0.3, -0.25) is 4.79 Å². The van der Waals surface area contributed by atoms with Crippen LogP contribution in [0.5, 0.6) is 11.5 Å². The van der Waals surface area contributed by atoms with Crippen molar-refractivity contribution in [1.29, 1.82) is 0 Å². The van der Waals surface area contributed by atoms with Crippen LogP contribution in [0.1, 0.15) is 30.0 Å². The number of carbonyl (C=O) groups excluding carboxylic acids is 1. The lowest BCUT2D eigenvalue weighted by molar-refractivity contribution is -0.120. The molecule has 0 fully saturated rings. The third kappa shape index (κ3) is 4.68. The van der Waals surface area contributed by atoms with E-state index in [1.807, 2.05) is 61.7 Å². The summed E-state index contributed by atoms with van der Waals surface area (Å²) >= 11 is 1.46. The fourth-order valence-corrected chi connectivity index (χ4v) is 4.12. The number of carbonyl (C=O) groups is 1. The van der Waals surface area contributed by atoms with E-state index in [1.54, 1.807) is 6.21 Å². The zero-order valence-electron chi connectivity index (χ0n) is 16.9. The van der Waals surface area contributed by atoms with E-state index in [0.717, 1.165) is 45.3 Å². The Hall–Kier alpha value is -3.19. The monoisotopic (exact) mass is 421 g/mol. The van der Waals surface area contributed by atoms with Gasteiger partial charge >= 0.3 is 0 Å². The highest BCUT2D eigenvalue weighted by atomic mass is 32.1. The number of amides is 1. The predicted octanol–water partition coefficient (Wildman–Crippen LogP) is 4.23. The van der Waals surface area contributed by atoms with Crippen LogP contribution < -0.4 is 14.9 Å². The normalized spacial score (nSPS) is 15.1. The van der Waals surface area contributed by atoms with Gasteiger partial charge in [-0.2, -0.15) is 5.10 Å². The lowest BCUT2D eigenvalue weighted by Crippen LogP contribution is -2.19. The highest BCUT2D eigenvalue weighted by Crippen LogP contribution is 2.34. The van der Waals surface area contributed by atoms with Crippen molar-refractivity contribution in [2.45, 2.75) is 32.8 Å². The number of rotatable bonds is 7. The van der Waals surface area contributed by atoms with E-state index in [9.17, 15) is 4.79 Å². The van der Waals surface area contributed by atoms with Crippen molar-refractivity contribution in [3.05, 3.63) is 64.0 Å². The molecule has 1 aliphatic heterocycles. The molecule has 1 amide bonds. The molecule has 0 aliphatic carbocycles. The molecule has 6 nitrogen and oxygen atoms in total. The van der Waals surface area contributed by atoms with Crippen molar-refractivity contribution in [2.75, 3.05) is 6.61 Å². The molecule has 7 heteroatoms. The van der Waals surface area contributed by atoms with Crippen LogP contribution in [0.15, 0.2) is 52.9 Å². The standard InChI is InChI=1S/C23H23N3O3S/c1-3-28-20-10-17-9-15(2)29-21(17)11-18(20)13-24-26-22(27)12-23-25-19(14-30-23)16-7-5-4-6-8-16/h4-8,10-11,13-15H,3,9,12H2,1-2H3,(H,26,27)/b24-13-/t15-/m1/s1. The van der Waals surface area contributed by atoms with Crippen LogP contribution in [-0.4, -0.2) is 29.8 Å². The Morgan fingerprint density at radius 1 is 1.37 bits per heavy atom. The van der Waals surface area contributed by atoms with E-state index in [4.69, 9.17) is 9.47 Å². The molecular formula is C23H23N3O3S. The molecule has 0 saturated carbocycles. The van der Waals surface area contributed by atoms with Crippen molar-refractivity contribution in [2.24, 2.45) is 5.10 Å². The molecule has 0 unspecified atom stereocenters. The third-order valence-electron chi connectivity index (χ3n) is 4.65. The summed E-state index contributed by atoms with van der Waals surface area (Å²) in [6.45, 7) is 4.53. The summed E-state index contributed by atoms with van der Waals surface area (Å²) < 4.78 is 11.5. The summed E-state index contributed by atoms with van der Waals surface area (Å²) in [5.74, 6) is 1.36. The van der Waals surface area contributed by atoms with Crippen molar-refractivity contribution in [3.63, 3.8) is 0 Å².